The molecule has 2 aromatic carbocycles. The van der Waals surface area contributed by atoms with E-state index >= 15 is 0 Å². The van der Waals surface area contributed by atoms with Crippen LogP contribution in [0, 0.1) is 5.82 Å². The van der Waals surface area contributed by atoms with Crippen molar-refractivity contribution in [3.8, 4) is 11.3 Å². The van der Waals surface area contributed by atoms with E-state index in [1.165, 1.54) is 54.4 Å². The number of carbonyl (C=O) groups is 1. The average Bonchev–Trinajstić information content (AvgIpc) is 2.90. The molecule has 0 radical (unpaired) electrons. The van der Waals surface area contributed by atoms with Gasteiger partial charge < -0.3 is 4.90 Å². The summed E-state index contributed by atoms with van der Waals surface area (Å²) >= 11 is 1.99. The first-order valence-corrected chi connectivity index (χ1v) is 18.2. The van der Waals surface area contributed by atoms with Crippen LogP contribution in [0.5, 0.6) is 0 Å². The van der Waals surface area contributed by atoms with E-state index in [-0.39, 0.29) is 11.6 Å². The predicted octanol–water partition coefficient (Wildman–Crippen LogP) is 6.58. The summed E-state index contributed by atoms with van der Waals surface area (Å²) < 4.78 is 14.1. The zero-order valence-corrected chi connectivity index (χ0v) is 24.0. The second kappa shape index (κ2) is 11.8. The smallest absolute Gasteiger partial charge is 0.163 e. The van der Waals surface area contributed by atoms with Gasteiger partial charge in [0, 0.05) is 62.1 Å². The van der Waals surface area contributed by atoms with Crippen LogP contribution in [0.25, 0.3) is 22.2 Å². The first-order chi connectivity index (χ1) is 17.9. The number of nitrogens with zero attached hydrogens (tertiary/aromatic N) is 3. The number of hydrogen-bond acceptors (Lipinski definition) is 5. The molecule has 2 aliphatic rings. The summed E-state index contributed by atoms with van der Waals surface area (Å²) in [5.74, 6) is 2.07. The summed E-state index contributed by atoms with van der Waals surface area (Å²) in [6.07, 6.45) is 1.29. The first kappa shape index (κ1) is 26.5. The van der Waals surface area contributed by atoms with E-state index < -0.39 is 8.07 Å². The van der Waals surface area contributed by atoms with Crippen LogP contribution in [-0.4, -0.2) is 72.9 Å². The van der Waals surface area contributed by atoms with Gasteiger partial charge >= 0.3 is 0 Å². The van der Waals surface area contributed by atoms with Crippen LogP contribution in [0.4, 0.5) is 4.39 Å². The lowest BCUT2D eigenvalue weighted by Crippen LogP contribution is -2.42. The third-order valence-corrected chi connectivity index (χ3v) is 12.0. The summed E-state index contributed by atoms with van der Waals surface area (Å²) in [5.41, 5.74) is 4.31. The highest BCUT2D eigenvalue weighted by molar-refractivity contribution is 7.99. The standard InChI is InChI=1S/C30H38FN3OSSi/c1-37(2)18-14-34(15-19-37)22-23-5-7-24(8-6-23)29-21-27(26-20-25(31)9-10-28(26)32-29)30(35)4-3-11-33-12-16-36-17-13-33/h5-10,20-21H,3-4,11-19,22H2,1-2H3. The third-order valence-electron chi connectivity index (χ3n) is 7.92. The minimum Gasteiger partial charge on any atom is -0.302 e. The largest absolute Gasteiger partial charge is 0.302 e. The maximum absolute atomic E-state index is 14.1. The van der Waals surface area contributed by atoms with Crippen molar-refractivity contribution in [1.82, 2.24) is 14.8 Å². The minimum absolute atomic E-state index is 0.0684. The first-order valence-electron chi connectivity index (χ1n) is 13.6. The Hall–Kier alpha value is -2.06. The molecule has 0 saturated carbocycles. The molecule has 4 nitrogen and oxygen atoms in total. The number of halogens is 1. The SMILES string of the molecule is C[Si]1(C)CCN(Cc2ccc(-c3cc(C(=O)CCCN4CCSCC4)c4cc(F)ccc4n3)cc2)CC1. The Bertz CT molecular complexity index is 1230. The lowest BCUT2D eigenvalue weighted by Gasteiger charge is -2.35. The third kappa shape index (κ3) is 6.88. The van der Waals surface area contributed by atoms with Gasteiger partial charge in [-0.2, -0.15) is 11.8 Å². The lowest BCUT2D eigenvalue weighted by atomic mass is 9.98. The minimum atomic E-state index is -0.965. The Kier molecular flexibility index (Phi) is 8.44. The van der Waals surface area contributed by atoms with Crippen molar-refractivity contribution in [3.63, 3.8) is 0 Å². The zero-order valence-electron chi connectivity index (χ0n) is 22.1. The van der Waals surface area contributed by atoms with Gasteiger partial charge in [0.05, 0.1) is 11.2 Å². The number of benzene rings is 2. The number of pyridine rings is 1. The molecule has 2 saturated heterocycles. The zero-order chi connectivity index (χ0) is 25.8. The Morgan fingerprint density at radius 2 is 1.70 bits per heavy atom. The van der Waals surface area contributed by atoms with Gasteiger partial charge in [-0.05, 0) is 68.0 Å². The molecule has 0 spiro atoms. The number of aromatic nitrogens is 1. The molecule has 5 rings (SSSR count). The Morgan fingerprint density at radius 3 is 2.43 bits per heavy atom. The molecular weight excluding hydrogens is 498 g/mol. The van der Waals surface area contributed by atoms with Crippen molar-refractivity contribution in [2.24, 2.45) is 0 Å². The second-order valence-corrected chi connectivity index (χ2v) is 17.9. The van der Waals surface area contributed by atoms with Crippen molar-refractivity contribution in [2.75, 3.05) is 44.2 Å². The van der Waals surface area contributed by atoms with Crippen molar-refractivity contribution in [2.45, 2.75) is 44.6 Å². The van der Waals surface area contributed by atoms with Crippen molar-refractivity contribution in [3.05, 3.63) is 65.5 Å². The molecule has 2 fully saturated rings. The summed E-state index contributed by atoms with van der Waals surface area (Å²) in [6, 6.07) is 17.8. The van der Waals surface area contributed by atoms with Crippen LogP contribution < -0.4 is 0 Å². The molecule has 0 bridgehead atoms. The molecule has 1 aromatic heterocycles. The van der Waals surface area contributed by atoms with E-state index in [9.17, 15) is 9.18 Å². The highest BCUT2D eigenvalue weighted by Crippen LogP contribution is 2.28. The van der Waals surface area contributed by atoms with E-state index in [2.05, 4.69) is 47.2 Å². The van der Waals surface area contributed by atoms with Gasteiger partial charge in [0.2, 0.25) is 0 Å². The van der Waals surface area contributed by atoms with Gasteiger partial charge in [-0.1, -0.05) is 37.4 Å². The highest BCUT2D eigenvalue weighted by atomic mass is 32.2. The Morgan fingerprint density at radius 1 is 0.973 bits per heavy atom. The molecule has 3 heterocycles. The molecule has 7 heteroatoms. The predicted molar refractivity (Wildman–Crippen MR) is 157 cm³/mol. The van der Waals surface area contributed by atoms with Crippen molar-refractivity contribution in [1.29, 1.82) is 0 Å². The molecule has 0 amide bonds. The molecular formula is C30H38FN3OSSi. The summed E-state index contributed by atoms with van der Waals surface area (Å²) in [7, 11) is -0.965. The summed E-state index contributed by atoms with van der Waals surface area (Å²) in [4.78, 5) is 23.2. The quantitative estimate of drug-likeness (QED) is 0.241. The molecule has 0 aliphatic carbocycles. The number of rotatable bonds is 8. The van der Waals surface area contributed by atoms with E-state index in [1.54, 1.807) is 6.07 Å². The van der Waals surface area contributed by atoms with E-state index in [4.69, 9.17) is 4.98 Å². The van der Waals surface area contributed by atoms with Gasteiger partial charge in [0.15, 0.2) is 5.78 Å². The van der Waals surface area contributed by atoms with E-state index in [0.717, 1.165) is 43.9 Å². The number of fused-ring (bicyclic) bond motifs is 1. The molecule has 0 N–H and O–H groups in total. The molecule has 0 unspecified atom stereocenters. The molecule has 37 heavy (non-hydrogen) atoms. The maximum Gasteiger partial charge on any atom is 0.163 e. The van der Waals surface area contributed by atoms with Crippen LogP contribution in [0.1, 0.15) is 28.8 Å². The van der Waals surface area contributed by atoms with Crippen LogP contribution in [-0.2, 0) is 6.54 Å². The monoisotopic (exact) mass is 535 g/mol. The number of Topliss-reactive ketones (excluding diaryl/α,β-unsaturated/α-hetero) is 1. The lowest BCUT2D eigenvalue weighted by molar-refractivity contribution is 0.0977. The Balaban J connectivity index is 1.32. The second-order valence-electron chi connectivity index (χ2n) is 11.3. The highest BCUT2D eigenvalue weighted by Gasteiger charge is 2.27. The van der Waals surface area contributed by atoms with Gasteiger partial charge in [0.1, 0.15) is 5.82 Å². The Labute approximate surface area is 225 Å². The summed E-state index contributed by atoms with van der Waals surface area (Å²) in [5, 5.41) is 0.608. The maximum atomic E-state index is 14.1. The fourth-order valence-electron chi connectivity index (χ4n) is 5.35. The van der Waals surface area contributed by atoms with Crippen LogP contribution in [0.2, 0.25) is 25.2 Å². The number of ketones is 1. The van der Waals surface area contributed by atoms with E-state index in [0.29, 0.717) is 22.9 Å². The number of thioether (sulfide) groups is 1. The number of carbonyl (C=O) groups excluding carboxylic acids is 1. The van der Waals surface area contributed by atoms with Crippen LogP contribution >= 0.6 is 11.8 Å². The van der Waals surface area contributed by atoms with Gasteiger partial charge in [-0.15, -0.1) is 0 Å². The van der Waals surface area contributed by atoms with Crippen molar-refractivity contribution < 1.29 is 9.18 Å². The van der Waals surface area contributed by atoms with E-state index in [1.807, 2.05) is 17.8 Å². The summed E-state index contributed by atoms with van der Waals surface area (Å²) in [6.45, 7) is 11.5. The fourth-order valence-corrected chi connectivity index (χ4v) is 8.43. The average molecular weight is 536 g/mol. The normalized spacial score (nSPS) is 18.8. The molecule has 3 aromatic rings. The molecule has 2 aliphatic heterocycles. The molecule has 0 atom stereocenters. The van der Waals surface area contributed by atoms with Gasteiger partial charge in [-0.25, -0.2) is 9.37 Å². The van der Waals surface area contributed by atoms with Crippen LogP contribution in [0.15, 0.2) is 48.5 Å². The van der Waals surface area contributed by atoms with Crippen molar-refractivity contribution >= 4 is 36.5 Å². The van der Waals surface area contributed by atoms with Gasteiger partial charge in [0.25, 0.3) is 0 Å². The molecule has 196 valence electrons. The van der Waals surface area contributed by atoms with Crippen LogP contribution in [0.3, 0.4) is 0 Å². The topological polar surface area (TPSA) is 36.4 Å². The number of hydrogen-bond donors (Lipinski definition) is 0. The van der Waals surface area contributed by atoms with Gasteiger partial charge in [-0.3, -0.25) is 9.69 Å². The fraction of sp³-hybridized carbons (Fsp3) is 0.467.